The van der Waals surface area contributed by atoms with E-state index in [0.29, 0.717) is 0 Å². The molecule has 1 aromatic rings. The molecule has 3 nitrogen and oxygen atoms in total. The van der Waals surface area contributed by atoms with Gasteiger partial charge in [0.05, 0.1) is 18.1 Å². The van der Waals surface area contributed by atoms with E-state index in [9.17, 15) is 9.90 Å². The maximum absolute atomic E-state index is 12.3. The van der Waals surface area contributed by atoms with Gasteiger partial charge in [-0.2, -0.15) is 0 Å². The second-order valence-corrected chi connectivity index (χ2v) is 5.50. The number of carbonyl (C=O) groups excluding carboxylic acids is 1. The number of nitrogens with one attached hydrogen (secondary N) is 1. The van der Waals surface area contributed by atoms with Gasteiger partial charge < -0.3 is 10.4 Å². The molecule has 1 atom stereocenters. The fourth-order valence-corrected chi connectivity index (χ4v) is 1.76. The molecular formula is C15H23NO2. The van der Waals surface area contributed by atoms with Crippen molar-refractivity contribution in [3.63, 3.8) is 0 Å². The maximum atomic E-state index is 12.3. The highest BCUT2D eigenvalue weighted by Crippen LogP contribution is 2.23. The van der Waals surface area contributed by atoms with E-state index in [2.05, 4.69) is 5.32 Å². The minimum atomic E-state index is -0.594. The van der Waals surface area contributed by atoms with E-state index >= 15 is 0 Å². The van der Waals surface area contributed by atoms with Gasteiger partial charge in [-0.3, -0.25) is 4.79 Å². The van der Waals surface area contributed by atoms with Crippen LogP contribution in [0.3, 0.4) is 0 Å². The van der Waals surface area contributed by atoms with Crippen LogP contribution in [0.15, 0.2) is 30.3 Å². The predicted molar refractivity (Wildman–Crippen MR) is 73.3 cm³/mol. The number of hydrogen-bond donors (Lipinski definition) is 2. The van der Waals surface area contributed by atoms with Crippen LogP contribution >= 0.6 is 0 Å². The Labute approximate surface area is 109 Å². The Balaban J connectivity index is 2.83. The second kappa shape index (κ2) is 6.01. The molecule has 0 aliphatic heterocycles. The minimum Gasteiger partial charge on any atom is -0.394 e. The maximum Gasteiger partial charge on any atom is 0.230 e. The van der Waals surface area contributed by atoms with Gasteiger partial charge in [-0.15, -0.1) is 0 Å². The van der Waals surface area contributed by atoms with Gasteiger partial charge in [0.25, 0.3) is 0 Å². The van der Waals surface area contributed by atoms with Crippen molar-refractivity contribution < 1.29 is 9.90 Å². The Kier molecular flexibility index (Phi) is 4.91. The highest BCUT2D eigenvalue weighted by Gasteiger charge is 2.31. The monoisotopic (exact) mass is 249 g/mol. The molecule has 0 saturated heterocycles. The summed E-state index contributed by atoms with van der Waals surface area (Å²) < 4.78 is 0. The molecular weight excluding hydrogens is 226 g/mol. The van der Waals surface area contributed by atoms with E-state index in [4.69, 9.17) is 0 Å². The highest BCUT2D eigenvalue weighted by molar-refractivity contribution is 5.87. The first-order chi connectivity index (χ1) is 8.39. The van der Waals surface area contributed by atoms with Gasteiger partial charge in [-0.1, -0.05) is 44.2 Å². The third-order valence-electron chi connectivity index (χ3n) is 3.38. The van der Waals surface area contributed by atoms with Crippen LogP contribution in [0.5, 0.6) is 0 Å². The van der Waals surface area contributed by atoms with Crippen molar-refractivity contribution in [3.05, 3.63) is 35.9 Å². The number of aliphatic hydroxyl groups excluding tert-OH is 1. The third-order valence-corrected chi connectivity index (χ3v) is 3.38. The minimum absolute atomic E-state index is 0.0335. The molecule has 0 bridgehead atoms. The Morgan fingerprint density at radius 3 is 2.28 bits per heavy atom. The highest BCUT2D eigenvalue weighted by atomic mass is 16.3. The summed E-state index contributed by atoms with van der Waals surface area (Å²) in [5.74, 6) is 0.159. The molecule has 100 valence electrons. The van der Waals surface area contributed by atoms with Gasteiger partial charge in [-0.25, -0.2) is 0 Å². The van der Waals surface area contributed by atoms with Crippen LogP contribution < -0.4 is 5.32 Å². The van der Waals surface area contributed by atoms with Gasteiger partial charge >= 0.3 is 0 Å². The van der Waals surface area contributed by atoms with Crippen LogP contribution in [0.4, 0.5) is 0 Å². The average molecular weight is 249 g/mol. The predicted octanol–water partition coefficient (Wildman–Crippen LogP) is 2.10. The molecule has 1 amide bonds. The number of carbonyl (C=O) groups is 1. The summed E-state index contributed by atoms with van der Waals surface area (Å²) in [7, 11) is 0. The zero-order chi connectivity index (χ0) is 13.8. The first-order valence-electron chi connectivity index (χ1n) is 6.37. The van der Waals surface area contributed by atoms with Gasteiger partial charge in [0, 0.05) is 0 Å². The summed E-state index contributed by atoms with van der Waals surface area (Å²) in [5.41, 5.74) is 0.381. The van der Waals surface area contributed by atoms with E-state index in [0.717, 1.165) is 5.56 Å². The fourth-order valence-electron chi connectivity index (χ4n) is 1.76. The van der Waals surface area contributed by atoms with Gasteiger partial charge in [-0.05, 0) is 25.3 Å². The van der Waals surface area contributed by atoms with Crippen LogP contribution in [-0.2, 0) is 10.2 Å². The largest absolute Gasteiger partial charge is 0.394 e. The molecule has 0 radical (unpaired) electrons. The number of amides is 1. The van der Waals surface area contributed by atoms with Gasteiger partial charge in [0.2, 0.25) is 5.91 Å². The van der Waals surface area contributed by atoms with Crippen LogP contribution in [-0.4, -0.2) is 23.7 Å². The lowest BCUT2D eigenvalue weighted by atomic mass is 9.83. The Morgan fingerprint density at radius 1 is 1.28 bits per heavy atom. The molecule has 0 aromatic heterocycles. The third kappa shape index (κ3) is 3.33. The number of aliphatic hydroxyl groups is 1. The second-order valence-electron chi connectivity index (χ2n) is 5.50. The lowest BCUT2D eigenvalue weighted by molar-refractivity contribution is -0.127. The molecule has 2 N–H and O–H groups in total. The number of hydrogen-bond acceptors (Lipinski definition) is 2. The van der Waals surface area contributed by atoms with Crippen LogP contribution in [0.2, 0.25) is 0 Å². The van der Waals surface area contributed by atoms with E-state index < -0.39 is 5.41 Å². The molecule has 1 rings (SSSR count). The van der Waals surface area contributed by atoms with Gasteiger partial charge in [0.15, 0.2) is 0 Å². The lowest BCUT2D eigenvalue weighted by Gasteiger charge is -2.28. The lowest BCUT2D eigenvalue weighted by Crippen LogP contribution is -2.48. The number of benzene rings is 1. The molecule has 0 spiro atoms. The first-order valence-corrected chi connectivity index (χ1v) is 6.37. The normalized spacial score (nSPS) is 13.4. The quantitative estimate of drug-likeness (QED) is 0.839. The molecule has 3 heteroatoms. The molecule has 0 aliphatic rings. The van der Waals surface area contributed by atoms with Crippen molar-refractivity contribution >= 4 is 5.91 Å². The van der Waals surface area contributed by atoms with E-state index in [1.54, 1.807) is 0 Å². The van der Waals surface area contributed by atoms with Crippen molar-refractivity contribution in [2.24, 2.45) is 5.92 Å². The van der Waals surface area contributed by atoms with E-state index in [1.165, 1.54) is 0 Å². The Morgan fingerprint density at radius 2 is 1.83 bits per heavy atom. The summed E-state index contributed by atoms with van der Waals surface area (Å²) in [6, 6.07) is 9.49. The average Bonchev–Trinajstić information content (AvgIpc) is 2.36. The van der Waals surface area contributed by atoms with Crippen LogP contribution in [0.1, 0.15) is 33.3 Å². The Hall–Kier alpha value is -1.35. The number of rotatable bonds is 5. The molecule has 0 fully saturated rings. The zero-order valence-corrected chi connectivity index (χ0v) is 11.6. The zero-order valence-electron chi connectivity index (χ0n) is 11.6. The molecule has 1 aromatic carbocycles. The topological polar surface area (TPSA) is 49.3 Å². The summed E-state index contributed by atoms with van der Waals surface area (Å²) in [6.45, 7) is 7.72. The van der Waals surface area contributed by atoms with E-state index in [-0.39, 0.29) is 24.5 Å². The first kappa shape index (κ1) is 14.7. The van der Waals surface area contributed by atoms with Gasteiger partial charge in [0.1, 0.15) is 0 Å². The fraction of sp³-hybridized carbons (Fsp3) is 0.533. The van der Waals surface area contributed by atoms with Crippen molar-refractivity contribution in [1.82, 2.24) is 5.32 Å². The molecule has 18 heavy (non-hydrogen) atoms. The van der Waals surface area contributed by atoms with Crippen molar-refractivity contribution in [3.8, 4) is 0 Å². The molecule has 0 aliphatic carbocycles. The molecule has 0 heterocycles. The Bertz CT molecular complexity index is 385. The van der Waals surface area contributed by atoms with E-state index in [1.807, 2.05) is 58.0 Å². The summed E-state index contributed by atoms with van der Waals surface area (Å²) >= 11 is 0. The van der Waals surface area contributed by atoms with Crippen molar-refractivity contribution in [1.29, 1.82) is 0 Å². The van der Waals surface area contributed by atoms with Crippen molar-refractivity contribution in [2.45, 2.75) is 39.2 Å². The van der Waals surface area contributed by atoms with Crippen molar-refractivity contribution in [2.75, 3.05) is 6.61 Å². The summed E-state index contributed by atoms with van der Waals surface area (Å²) in [5, 5.41) is 12.2. The summed E-state index contributed by atoms with van der Waals surface area (Å²) in [4.78, 5) is 12.3. The standard InChI is InChI=1S/C15H23NO2/c1-11(2)13(10-17)16-14(18)15(3,4)12-8-6-5-7-9-12/h5-9,11,13,17H,10H2,1-4H3,(H,16,18). The van der Waals surface area contributed by atoms with Crippen LogP contribution in [0, 0.1) is 5.92 Å². The van der Waals surface area contributed by atoms with Crippen LogP contribution in [0.25, 0.3) is 0 Å². The molecule has 0 saturated carbocycles. The summed E-state index contributed by atoms with van der Waals surface area (Å²) in [6.07, 6.45) is 0. The smallest absolute Gasteiger partial charge is 0.230 e. The SMILES string of the molecule is CC(C)C(CO)NC(=O)C(C)(C)c1ccccc1. The molecule has 1 unspecified atom stereocenters.